The molecule has 34 heavy (non-hydrogen) atoms. The summed E-state index contributed by atoms with van der Waals surface area (Å²) in [6, 6.07) is 16.6. The zero-order chi connectivity index (χ0) is 24.4. The summed E-state index contributed by atoms with van der Waals surface area (Å²) in [6.07, 6.45) is 8.83. The number of aryl methyl sites for hydroxylation is 1. The van der Waals surface area contributed by atoms with Gasteiger partial charge in [0.05, 0.1) is 12.0 Å². The van der Waals surface area contributed by atoms with E-state index >= 15 is 0 Å². The van der Waals surface area contributed by atoms with E-state index < -0.39 is 10.0 Å². The van der Waals surface area contributed by atoms with Gasteiger partial charge in [0.15, 0.2) is 0 Å². The minimum atomic E-state index is -3.62. The number of carbonyl (C=O) groups excluding carboxylic acids is 1. The van der Waals surface area contributed by atoms with Crippen molar-refractivity contribution in [3.63, 3.8) is 0 Å². The van der Waals surface area contributed by atoms with Gasteiger partial charge in [0, 0.05) is 30.1 Å². The van der Waals surface area contributed by atoms with Gasteiger partial charge in [0.2, 0.25) is 10.0 Å². The van der Waals surface area contributed by atoms with Crippen molar-refractivity contribution in [1.29, 1.82) is 0 Å². The van der Waals surface area contributed by atoms with Gasteiger partial charge in [-0.2, -0.15) is 0 Å². The molecule has 1 saturated heterocycles. The molecular weight excluding hydrogens is 472 g/mol. The Labute approximate surface area is 208 Å². The standard InChI is InChI=1S/C26H33ClN2O4S/c1-33-26(30)13-7-3-6-12-24-19-23(28-34(31,32)25-16-14-22(27)15-17-25)20-29(24)18-8-11-21-9-4-2-5-10-21/h2,4-6,9-10,12,14-17,23-24,28H,3,7-8,11,13,18-20H2,1H3/t23-,24-/m1/s1. The van der Waals surface area contributed by atoms with E-state index in [1.54, 1.807) is 12.1 Å². The quantitative estimate of drug-likeness (QED) is 0.260. The molecule has 0 spiro atoms. The van der Waals surface area contributed by atoms with Crippen molar-refractivity contribution in [3.8, 4) is 0 Å². The van der Waals surface area contributed by atoms with Gasteiger partial charge in [0.1, 0.15) is 0 Å². The summed E-state index contributed by atoms with van der Waals surface area (Å²) in [5.74, 6) is -0.200. The lowest BCUT2D eigenvalue weighted by atomic mass is 10.1. The minimum Gasteiger partial charge on any atom is -0.469 e. The normalized spacial score (nSPS) is 19.0. The number of likely N-dealkylation sites (tertiary alicyclic amines) is 1. The van der Waals surface area contributed by atoms with Crippen LogP contribution in [0.2, 0.25) is 5.02 Å². The van der Waals surface area contributed by atoms with E-state index in [1.165, 1.54) is 24.8 Å². The van der Waals surface area contributed by atoms with Crippen molar-refractivity contribution in [1.82, 2.24) is 9.62 Å². The molecule has 2 aromatic carbocycles. The predicted molar refractivity (Wildman–Crippen MR) is 135 cm³/mol. The molecule has 1 fully saturated rings. The van der Waals surface area contributed by atoms with E-state index in [0.717, 1.165) is 32.2 Å². The van der Waals surface area contributed by atoms with Crippen molar-refractivity contribution in [2.45, 2.75) is 55.5 Å². The van der Waals surface area contributed by atoms with Crippen LogP contribution in [0.3, 0.4) is 0 Å². The third kappa shape index (κ3) is 8.24. The van der Waals surface area contributed by atoms with Crippen LogP contribution in [-0.2, 0) is 26.0 Å². The molecule has 0 saturated carbocycles. The summed E-state index contributed by atoms with van der Waals surface area (Å²) >= 11 is 5.90. The Bertz CT molecular complexity index is 1040. The van der Waals surface area contributed by atoms with Crippen LogP contribution in [0.5, 0.6) is 0 Å². The van der Waals surface area contributed by atoms with Crippen LogP contribution in [-0.4, -0.2) is 51.6 Å². The average Bonchev–Trinajstić information content (AvgIpc) is 3.20. The SMILES string of the molecule is COC(=O)CCCC=C[C@@H]1C[C@@H](NS(=O)(=O)c2ccc(Cl)cc2)CN1CCCc1ccccc1. The number of nitrogens with one attached hydrogen (secondary N) is 1. The zero-order valence-corrected chi connectivity index (χ0v) is 21.1. The fraction of sp³-hybridized carbons (Fsp3) is 0.423. The molecule has 0 aromatic heterocycles. The van der Waals surface area contributed by atoms with E-state index in [9.17, 15) is 13.2 Å². The first-order valence-electron chi connectivity index (χ1n) is 11.7. The summed E-state index contributed by atoms with van der Waals surface area (Å²) in [5, 5.41) is 0.502. The monoisotopic (exact) mass is 504 g/mol. The number of nitrogens with zero attached hydrogens (tertiary/aromatic N) is 1. The molecule has 0 radical (unpaired) electrons. The van der Waals surface area contributed by atoms with E-state index in [0.29, 0.717) is 24.4 Å². The number of ether oxygens (including phenoxy) is 1. The van der Waals surface area contributed by atoms with Crippen LogP contribution in [0.25, 0.3) is 0 Å². The number of sulfonamides is 1. The smallest absolute Gasteiger partial charge is 0.305 e. The van der Waals surface area contributed by atoms with Crippen LogP contribution in [0.1, 0.15) is 37.7 Å². The van der Waals surface area contributed by atoms with Gasteiger partial charge < -0.3 is 4.74 Å². The molecule has 1 aliphatic rings. The highest BCUT2D eigenvalue weighted by atomic mass is 35.5. The fourth-order valence-electron chi connectivity index (χ4n) is 4.23. The molecule has 1 aliphatic heterocycles. The predicted octanol–water partition coefficient (Wildman–Crippen LogP) is 4.59. The second kappa shape index (κ2) is 13.0. The highest BCUT2D eigenvalue weighted by Crippen LogP contribution is 2.23. The Balaban J connectivity index is 1.60. The number of hydrogen-bond acceptors (Lipinski definition) is 5. The van der Waals surface area contributed by atoms with Gasteiger partial charge >= 0.3 is 5.97 Å². The lowest BCUT2D eigenvalue weighted by Gasteiger charge is -2.21. The summed E-state index contributed by atoms with van der Waals surface area (Å²) in [7, 11) is -2.23. The molecule has 1 N–H and O–H groups in total. The first-order valence-corrected chi connectivity index (χ1v) is 13.5. The number of halogens is 1. The number of unbranched alkanes of at least 4 members (excludes halogenated alkanes) is 1. The maximum absolute atomic E-state index is 12.9. The topological polar surface area (TPSA) is 75.7 Å². The van der Waals surface area contributed by atoms with Crippen LogP contribution < -0.4 is 4.72 Å². The Morgan fingerprint density at radius 2 is 1.88 bits per heavy atom. The second-order valence-corrected chi connectivity index (χ2v) is 10.7. The highest BCUT2D eigenvalue weighted by Gasteiger charge is 2.33. The first kappa shape index (κ1) is 26.4. The van der Waals surface area contributed by atoms with Gasteiger partial charge in [-0.25, -0.2) is 13.1 Å². The number of methoxy groups -OCH3 is 1. The van der Waals surface area contributed by atoms with Gasteiger partial charge in [-0.1, -0.05) is 54.1 Å². The van der Waals surface area contributed by atoms with Gasteiger partial charge in [-0.3, -0.25) is 9.69 Å². The summed E-state index contributed by atoms with van der Waals surface area (Å²) < 4.78 is 33.3. The third-order valence-electron chi connectivity index (χ3n) is 5.99. The number of allylic oxidation sites excluding steroid dienone is 1. The van der Waals surface area contributed by atoms with Crippen LogP contribution >= 0.6 is 11.6 Å². The summed E-state index contributed by atoms with van der Waals surface area (Å²) in [5.41, 5.74) is 1.30. The molecule has 6 nitrogen and oxygen atoms in total. The molecule has 0 aliphatic carbocycles. The van der Waals surface area contributed by atoms with Crippen molar-refractivity contribution in [2.24, 2.45) is 0 Å². The Morgan fingerprint density at radius 3 is 2.59 bits per heavy atom. The van der Waals surface area contributed by atoms with Crippen LogP contribution in [0.4, 0.5) is 0 Å². The molecule has 1 heterocycles. The fourth-order valence-corrected chi connectivity index (χ4v) is 5.59. The molecule has 184 valence electrons. The van der Waals surface area contributed by atoms with Crippen molar-refractivity contribution in [3.05, 3.63) is 77.3 Å². The number of esters is 1. The highest BCUT2D eigenvalue weighted by molar-refractivity contribution is 7.89. The number of carbonyl (C=O) groups is 1. The molecule has 0 amide bonds. The van der Waals surface area contributed by atoms with Crippen LogP contribution in [0, 0.1) is 0 Å². The van der Waals surface area contributed by atoms with E-state index in [1.807, 2.05) is 18.2 Å². The third-order valence-corrected chi connectivity index (χ3v) is 7.78. The van der Waals surface area contributed by atoms with E-state index in [2.05, 4.69) is 38.6 Å². The second-order valence-electron chi connectivity index (χ2n) is 8.56. The maximum atomic E-state index is 12.9. The largest absolute Gasteiger partial charge is 0.469 e. The summed E-state index contributed by atoms with van der Waals surface area (Å²) in [4.78, 5) is 13.9. The lowest BCUT2D eigenvalue weighted by Crippen LogP contribution is -2.37. The first-order chi connectivity index (χ1) is 16.4. The molecule has 0 bridgehead atoms. The number of hydrogen-bond donors (Lipinski definition) is 1. The Kier molecular flexibility index (Phi) is 10.1. The van der Waals surface area contributed by atoms with Crippen molar-refractivity contribution >= 4 is 27.6 Å². The molecule has 0 unspecified atom stereocenters. The van der Waals surface area contributed by atoms with Gasteiger partial charge in [-0.15, -0.1) is 0 Å². The zero-order valence-electron chi connectivity index (χ0n) is 19.5. The molecule has 2 aromatic rings. The van der Waals surface area contributed by atoms with E-state index in [4.69, 9.17) is 11.6 Å². The Morgan fingerprint density at radius 1 is 1.15 bits per heavy atom. The van der Waals surface area contributed by atoms with Crippen LogP contribution in [0.15, 0.2) is 71.6 Å². The molecule has 3 rings (SSSR count). The van der Waals surface area contributed by atoms with E-state index in [-0.39, 0.29) is 22.9 Å². The summed E-state index contributed by atoms with van der Waals surface area (Å²) in [6.45, 7) is 1.53. The molecular formula is C26H33ClN2O4S. The van der Waals surface area contributed by atoms with Crippen molar-refractivity contribution in [2.75, 3.05) is 20.2 Å². The Hall–Kier alpha value is -2.19. The lowest BCUT2D eigenvalue weighted by molar-refractivity contribution is -0.140. The maximum Gasteiger partial charge on any atom is 0.305 e. The van der Waals surface area contributed by atoms with Gasteiger partial charge in [0.25, 0.3) is 0 Å². The minimum absolute atomic E-state index is 0.145. The number of benzene rings is 2. The average molecular weight is 505 g/mol. The van der Waals surface area contributed by atoms with Crippen molar-refractivity contribution < 1.29 is 17.9 Å². The number of rotatable bonds is 12. The van der Waals surface area contributed by atoms with Gasteiger partial charge in [-0.05, 0) is 68.5 Å². The molecule has 2 atom stereocenters. The molecule has 8 heteroatoms.